The lowest BCUT2D eigenvalue weighted by atomic mass is 10.0. The van der Waals surface area contributed by atoms with Crippen molar-refractivity contribution in [3.63, 3.8) is 0 Å². The first-order chi connectivity index (χ1) is 14.0. The zero-order valence-electron chi connectivity index (χ0n) is 17.4. The Hall–Kier alpha value is -2.67. The van der Waals surface area contributed by atoms with Crippen LogP contribution in [0.15, 0.2) is 30.3 Å². The third kappa shape index (κ3) is 5.67. The molecule has 7 heteroatoms. The van der Waals surface area contributed by atoms with E-state index in [1.165, 1.54) is 6.42 Å². The van der Waals surface area contributed by atoms with Crippen LogP contribution in [0.3, 0.4) is 0 Å². The number of rotatable bonds is 7. The van der Waals surface area contributed by atoms with Crippen LogP contribution in [0, 0.1) is 0 Å². The van der Waals surface area contributed by atoms with Gasteiger partial charge >= 0.3 is 0 Å². The van der Waals surface area contributed by atoms with Crippen molar-refractivity contribution in [3.05, 3.63) is 47.3 Å². The molecule has 156 valence electrons. The monoisotopic (exact) mass is 397 g/mol. The predicted molar refractivity (Wildman–Crippen MR) is 114 cm³/mol. The van der Waals surface area contributed by atoms with Gasteiger partial charge in [-0.2, -0.15) is 5.10 Å². The van der Waals surface area contributed by atoms with Gasteiger partial charge in [0.15, 0.2) is 0 Å². The van der Waals surface area contributed by atoms with Gasteiger partial charge in [0.05, 0.1) is 5.69 Å². The molecule has 29 heavy (non-hydrogen) atoms. The largest absolute Gasteiger partial charge is 0.343 e. The molecule has 0 saturated carbocycles. The Morgan fingerprint density at radius 2 is 1.86 bits per heavy atom. The minimum absolute atomic E-state index is 0.156. The van der Waals surface area contributed by atoms with Crippen molar-refractivity contribution >= 4 is 17.5 Å². The lowest BCUT2D eigenvalue weighted by molar-refractivity contribution is -0.132. The maximum Gasteiger partial charge on any atom is 0.273 e. The van der Waals surface area contributed by atoms with E-state index in [-0.39, 0.29) is 17.9 Å². The number of nitrogens with zero attached hydrogens (tertiary/aromatic N) is 3. The Morgan fingerprint density at radius 3 is 2.48 bits per heavy atom. The molecule has 1 aliphatic rings. The number of anilines is 1. The van der Waals surface area contributed by atoms with Crippen LogP contribution < -0.4 is 11.1 Å². The quantitative estimate of drug-likeness (QED) is 0.751. The number of carbonyl (C=O) groups excluding carboxylic acids is 2. The Kier molecular flexibility index (Phi) is 7.04. The van der Waals surface area contributed by atoms with Gasteiger partial charge in [-0.25, -0.2) is 0 Å². The smallest absolute Gasteiger partial charge is 0.273 e. The first-order valence-corrected chi connectivity index (χ1v) is 10.4. The summed E-state index contributed by atoms with van der Waals surface area (Å²) in [7, 11) is 1.77. The first-order valence-electron chi connectivity index (χ1n) is 10.4. The van der Waals surface area contributed by atoms with Gasteiger partial charge in [0.1, 0.15) is 5.69 Å². The summed E-state index contributed by atoms with van der Waals surface area (Å²) in [6.07, 6.45) is 5.18. The van der Waals surface area contributed by atoms with Crippen LogP contribution in [0.5, 0.6) is 0 Å². The molecule has 0 bridgehead atoms. The molecule has 0 spiro atoms. The molecule has 1 aromatic heterocycles. The third-order valence-corrected chi connectivity index (χ3v) is 5.38. The van der Waals surface area contributed by atoms with Crippen molar-refractivity contribution in [2.45, 2.75) is 51.5 Å². The predicted octanol–water partition coefficient (Wildman–Crippen LogP) is 2.51. The molecule has 0 aliphatic carbocycles. The zero-order valence-corrected chi connectivity index (χ0v) is 17.4. The van der Waals surface area contributed by atoms with E-state index < -0.39 is 0 Å². The second kappa shape index (κ2) is 9.69. The molecular formula is C22H31N5O2. The van der Waals surface area contributed by atoms with Crippen molar-refractivity contribution < 1.29 is 9.59 Å². The molecule has 1 aromatic carbocycles. The summed E-state index contributed by atoms with van der Waals surface area (Å²) < 4.78 is 1.60. The fourth-order valence-electron chi connectivity index (χ4n) is 3.70. The van der Waals surface area contributed by atoms with Crippen molar-refractivity contribution in [3.8, 4) is 0 Å². The van der Waals surface area contributed by atoms with Crippen molar-refractivity contribution in [1.29, 1.82) is 0 Å². The van der Waals surface area contributed by atoms with Crippen LogP contribution in [0.1, 0.15) is 54.4 Å². The second-order valence-corrected chi connectivity index (χ2v) is 7.76. The molecule has 0 unspecified atom stereocenters. The van der Waals surface area contributed by atoms with E-state index in [9.17, 15) is 9.59 Å². The second-order valence-electron chi connectivity index (χ2n) is 7.76. The average molecular weight is 398 g/mol. The summed E-state index contributed by atoms with van der Waals surface area (Å²) in [6, 6.07) is 9.23. The number of benzene rings is 1. The van der Waals surface area contributed by atoms with E-state index in [0.717, 1.165) is 49.3 Å². The number of nitrogens with two attached hydrogens (primary N) is 1. The third-order valence-electron chi connectivity index (χ3n) is 5.38. The van der Waals surface area contributed by atoms with E-state index in [0.29, 0.717) is 18.5 Å². The number of amides is 2. The minimum Gasteiger partial charge on any atom is -0.343 e. The van der Waals surface area contributed by atoms with Crippen LogP contribution in [0.2, 0.25) is 0 Å². The Bertz CT molecular complexity index is 837. The zero-order chi connectivity index (χ0) is 20.8. The molecule has 1 saturated heterocycles. The lowest BCUT2D eigenvalue weighted by Crippen LogP contribution is -2.39. The summed E-state index contributed by atoms with van der Waals surface area (Å²) in [5.74, 6) is -0.0278. The topological polar surface area (TPSA) is 93.2 Å². The van der Waals surface area contributed by atoms with Gasteiger partial charge in [0, 0.05) is 38.3 Å². The molecule has 2 amide bonds. The van der Waals surface area contributed by atoms with Gasteiger partial charge in [0.25, 0.3) is 5.91 Å². The highest BCUT2D eigenvalue weighted by molar-refractivity contribution is 6.03. The highest BCUT2D eigenvalue weighted by atomic mass is 16.2. The molecule has 2 aromatic rings. The minimum atomic E-state index is -0.202. The summed E-state index contributed by atoms with van der Waals surface area (Å²) in [6.45, 7) is 3.72. The number of carbonyl (C=O) groups is 2. The summed E-state index contributed by atoms with van der Waals surface area (Å²) >= 11 is 0. The molecule has 1 aliphatic heterocycles. The first kappa shape index (κ1) is 21.0. The van der Waals surface area contributed by atoms with E-state index in [1.807, 2.05) is 42.2 Å². The Labute approximate surface area is 172 Å². The van der Waals surface area contributed by atoms with Crippen LogP contribution in [0.4, 0.5) is 5.69 Å². The van der Waals surface area contributed by atoms with Crippen molar-refractivity contribution in [2.24, 2.45) is 12.8 Å². The number of likely N-dealkylation sites (tertiary alicyclic amines) is 1. The Balaban J connectivity index is 1.52. The van der Waals surface area contributed by atoms with Crippen molar-refractivity contribution in [2.75, 3.05) is 18.4 Å². The highest BCUT2D eigenvalue weighted by Crippen LogP contribution is 2.15. The van der Waals surface area contributed by atoms with Crippen molar-refractivity contribution in [1.82, 2.24) is 14.7 Å². The van der Waals surface area contributed by atoms with Gasteiger partial charge in [0.2, 0.25) is 5.91 Å². The number of hydrogen-bond donors (Lipinski definition) is 2. The van der Waals surface area contributed by atoms with E-state index in [1.54, 1.807) is 11.7 Å². The molecule has 2 heterocycles. The molecule has 3 rings (SSSR count). The van der Waals surface area contributed by atoms with Gasteiger partial charge in [-0.3, -0.25) is 14.3 Å². The van der Waals surface area contributed by atoms with E-state index in [4.69, 9.17) is 5.73 Å². The maximum absolute atomic E-state index is 12.5. The van der Waals surface area contributed by atoms with E-state index >= 15 is 0 Å². The molecule has 1 fully saturated rings. The number of piperidine rings is 1. The maximum atomic E-state index is 12.5. The number of nitrogens with one attached hydrogen (secondary N) is 1. The highest BCUT2D eigenvalue weighted by Gasteiger charge is 2.19. The standard InChI is InChI=1S/C22H31N5O2/c1-3-18-15-20(26(2)25-18)22(29)24-19-9-7-16(8-10-19)13-17(23)14-21(28)27-11-5-4-6-12-27/h7-10,15,17H,3-6,11-14,23H2,1-2H3,(H,24,29)/t17-/m1/s1. The molecule has 0 radical (unpaired) electrons. The van der Waals surface area contributed by atoms with Gasteiger partial charge in [-0.15, -0.1) is 0 Å². The summed E-state index contributed by atoms with van der Waals surface area (Å²) in [4.78, 5) is 26.8. The average Bonchev–Trinajstić information content (AvgIpc) is 3.11. The molecular weight excluding hydrogens is 366 g/mol. The Morgan fingerprint density at radius 1 is 1.17 bits per heavy atom. The number of hydrogen-bond acceptors (Lipinski definition) is 4. The van der Waals surface area contributed by atoms with Crippen LogP contribution >= 0.6 is 0 Å². The van der Waals surface area contributed by atoms with E-state index in [2.05, 4.69) is 10.4 Å². The number of aromatic nitrogens is 2. The normalized spacial score (nSPS) is 15.2. The van der Waals surface area contributed by atoms with Gasteiger partial charge in [-0.05, 0) is 55.9 Å². The molecule has 1 atom stereocenters. The molecule has 3 N–H and O–H groups in total. The summed E-state index contributed by atoms with van der Waals surface area (Å²) in [5.41, 5.74) is 9.40. The van der Waals surface area contributed by atoms with Crippen LogP contribution in [-0.2, 0) is 24.7 Å². The summed E-state index contributed by atoms with van der Waals surface area (Å²) in [5, 5.41) is 7.21. The fraction of sp³-hybridized carbons (Fsp3) is 0.500. The van der Waals surface area contributed by atoms with Gasteiger partial charge in [-0.1, -0.05) is 19.1 Å². The van der Waals surface area contributed by atoms with Gasteiger partial charge < -0.3 is 16.0 Å². The molecule has 7 nitrogen and oxygen atoms in total. The SMILES string of the molecule is CCc1cc(C(=O)Nc2ccc(C[C@@H](N)CC(=O)N3CCCCC3)cc2)n(C)n1. The fourth-order valence-corrected chi connectivity index (χ4v) is 3.70. The van der Waals surface area contributed by atoms with Crippen LogP contribution in [0.25, 0.3) is 0 Å². The number of aryl methyl sites for hydroxylation is 2. The lowest BCUT2D eigenvalue weighted by Gasteiger charge is -2.27. The van der Waals surface area contributed by atoms with Crippen LogP contribution in [-0.4, -0.2) is 45.6 Å².